The smallest absolute Gasteiger partial charge is 0.0894 e. The molecule has 4 nitrogen and oxygen atoms in total. The van der Waals surface area contributed by atoms with Crippen LogP contribution in [0.5, 0.6) is 0 Å². The van der Waals surface area contributed by atoms with Gasteiger partial charge in [-0.1, -0.05) is 48.5 Å². The third-order valence-corrected chi connectivity index (χ3v) is 5.79. The first-order valence-electron chi connectivity index (χ1n) is 9.92. The Kier molecular flexibility index (Phi) is 3.99. The van der Waals surface area contributed by atoms with E-state index >= 15 is 0 Å². The molecule has 0 amide bonds. The van der Waals surface area contributed by atoms with Crippen molar-refractivity contribution in [1.82, 2.24) is 19.9 Å². The molecule has 0 atom stereocenters. The predicted molar refractivity (Wildman–Crippen MR) is 123 cm³/mol. The van der Waals surface area contributed by atoms with Crippen molar-refractivity contribution in [2.24, 2.45) is 0 Å². The molecule has 5 heteroatoms. The van der Waals surface area contributed by atoms with Gasteiger partial charge in [-0.3, -0.25) is 0 Å². The molecule has 8 bridgehead atoms. The molecule has 2 aromatic carbocycles. The maximum atomic E-state index is 5.06. The van der Waals surface area contributed by atoms with Gasteiger partial charge in [-0.15, -0.1) is 0 Å². The van der Waals surface area contributed by atoms with Gasteiger partial charge in [-0.25, -0.2) is 19.9 Å². The van der Waals surface area contributed by atoms with Gasteiger partial charge >= 0.3 is 0 Å². The molecule has 0 spiro atoms. The van der Waals surface area contributed by atoms with Crippen LogP contribution in [0.25, 0.3) is 65.7 Å². The summed E-state index contributed by atoms with van der Waals surface area (Å²) in [6.07, 6.45) is 0. The Morgan fingerprint density at radius 3 is 1.16 bits per heavy atom. The minimum atomic E-state index is 0. The van der Waals surface area contributed by atoms with Gasteiger partial charge in [0.25, 0.3) is 0 Å². The van der Waals surface area contributed by atoms with Crippen LogP contribution in [0.15, 0.2) is 84.9 Å². The molecule has 0 unspecified atom stereocenters. The van der Waals surface area contributed by atoms with Crippen molar-refractivity contribution in [3.8, 4) is 0 Å². The molecule has 0 aliphatic rings. The topological polar surface area (TPSA) is 51.6 Å². The standard InChI is InChI=1S/C26H14N4.Pt/c1-3-18-19-4-2-6-21(28-19)23-14-12-17-10-8-15-7-9-16-11-13-22(20(5-1)27-18)29-25(16)24(15)26(17)30-23;/h1-14H;. The molecule has 31 heavy (non-hydrogen) atoms. The van der Waals surface area contributed by atoms with E-state index < -0.39 is 0 Å². The molecule has 0 fully saturated rings. The zero-order chi connectivity index (χ0) is 19.7. The maximum absolute atomic E-state index is 5.06. The van der Waals surface area contributed by atoms with Crippen LogP contribution in [0.2, 0.25) is 0 Å². The Bertz CT molecular complexity index is 1680. The summed E-state index contributed by atoms with van der Waals surface area (Å²) in [7, 11) is 0. The molecule has 0 radical (unpaired) electrons. The van der Waals surface area contributed by atoms with Crippen LogP contribution in [-0.2, 0) is 21.1 Å². The normalized spacial score (nSPS) is 11.6. The fraction of sp³-hybridized carbons (Fsp3) is 0. The van der Waals surface area contributed by atoms with Gasteiger partial charge in [0.2, 0.25) is 0 Å². The maximum Gasteiger partial charge on any atom is 0.0894 e. The molecule has 0 aliphatic carbocycles. The van der Waals surface area contributed by atoms with Gasteiger partial charge in [0.15, 0.2) is 0 Å². The summed E-state index contributed by atoms with van der Waals surface area (Å²) in [5.74, 6) is 0. The van der Waals surface area contributed by atoms with Crippen molar-refractivity contribution in [1.29, 1.82) is 0 Å². The average Bonchev–Trinajstić information content (AvgIpc) is 2.82. The molecule has 7 rings (SSSR count). The number of hydrogen-bond donors (Lipinski definition) is 0. The summed E-state index contributed by atoms with van der Waals surface area (Å²) in [4.78, 5) is 19.9. The minimum Gasteiger partial charge on any atom is -0.245 e. The fourth-order valence-corrected chi connectivity index (χ4v) is 4.30. The summed E-state index contributed by atoms with van der Waals surface area (Å²) in [5.41, 5.74) is 6.92. The number of rotatable bonds is 0. The van der Waals surface area contributed by atoms with E-state index in [-0.39, 0.29) is 21.1 Å². The molecular weight excluding hydrogens is 563 g/mol. The van der Waals surface area contributed by atoms with Crippen molar-refractivity contribution < 1.29 is 21.1 Å². The first-order valence-corrected chi connectivity index (χ1v) is 9.92. The Labute approximate surface area is 191 Å². The predicted octanol–water partition coefficient (Wildman–Crippen LogP) is 6.18. The molecule has 5 aromatic heterocycles. The first-order chi connectivity index (χ1) is 14.8. The summed E-state index contributed by atoms with van der Waals surface area (Å²) < 4.78 is 0. The van der Waals surface area contributed by atoms with Crippen LogP contribution < -0.4 is 0 Å². The summed E-state index contributed by atoms with van der Waals surface area (Å²) in [6.45, 7) is 0. The number of pyridine rings is 4. The quantitative estimate of drug-likeness (QED) is 0.202. The number of aromatic nitrogens is 4. The van der Waals surface area contributed by atoms with Gasteiger partial charge in [0.05, 0.1) is 44.1 Å². The Morgan fingerprint density at radius 2 is 0.710 bits per heavy atom. The van der Waals surface area contributed by atoms with E-state index in [4.69, 9.17) is 19.9 Å². The van der Waals surface area contributed by atoms with Gasteiger partial charge in [0, 0.05) is 37.2 Å². The molecule has 0 saturated carbocycles. The van der Waals surface area contributed by atoms with Crippen LogP contribution in [0.3, 0.4) is 0 Å². The summed E-state index contributed by atoms with van der Waals surface area (Å²) >= 11 is 0. The molecule has 5 heterocycles. The van der Waals surface area contributed by atoms with E-state index in [0.29, 0.717) is 0 Å². The fourth-order valence-electron chi connectivity index (χ4n) is 4.30. The van der Waals surface area contributed by atoms with Crippen molar-refractivity contribution in [3.63, 3.8) is 0 Å². The summed E-state index contributed by atoms with van der Waals surface area (Å²) in [5, 5.41) is 4.38. The van der Waals surface area contributed by atoms with E-state index in [1.165, 1.54) is 0 Å². The number of fused-ring (bicyclic) bond motifs is 9. The van der Waals surface area contributed by atoms with Crippen LogP contribution in [-0.4, -0.2) is 19.9 Å². The Balaban J connectivity index is 0.00000185. The number of benzene rings is 2. The SMILES string of the molecule is [Pt].c1cc2nc(c1)c1ccc3ccc4ccc5ccc(nc5c4c3n1)c1cccc2n1. The zero-order valence-corrected chi connectivity index (χ0v) is 18.5. The van der Waals surface area contributed by atoms with E-state index in [1.807, 2.05) is 48.5 Å². The van der Waals surface area contributed by atoms with Gasteiger partial charge in [-0.2, -0.15) is 0 Å². The van der Waals surface area contributed by atoms with E-state index in [9.17, 15) is 0 Å². The van der Waals surface area contributed by atoms with Crippen molar-refractivity contribution in [2.45, 2.75) is 0 Å². The monoisotopic (exact) mass is 577 g/mol. The third kappa shape index (κ3) is 2.72. The Hall–Kier alpha value is -3.49. The molecule has 7 aromatic rings. The van der Waals surface area contributed by atoms with Crippen molar-refractivity contribution in [3.05, 3.63) is 84.9 Å². The van der Waals surface area contributed by atoms with Crippen molar-refractivity contribution in [2.75, 3.05) is 0 Å². The van der Waals surface area contributed by atoms with Crippen LogP contribution >= 0.6 is 0 Å². The second-order valence-corrected chi connectivity index (χ2v) is 7.58. The van der Waals surface area contributed by atoms with E-state index in [0.717, 1.165) is 65.7 Å². The zero-order valence-electron chi connectivity index (χ0n) is 16.2. The molecule has 148 valence electrons. The molecule has 0 aliphatic heterocycles. The second kappa shape index (κ2) is 6.76. The van der Waals surface area contributed by atoms with Gasteiger partial charge in [-0.05, 0) is 41.8 Å². The largest absolute Gasteiger partial charge is 0.245 e. The Morgan fingerprint density at radius 1 is 0.355 bits per heavy atom. The number of hydrogen-bond acceptors (Lipinski definition) is 4. The molecule has 0 saturated heterocycles. The van der Waals surface area contributed by atoms with E-state index in [2.05, 4.69) is 36.4 Å². The van der Waals surface area contributed by atoms with Gasteiger partial charge < -0.3 is 0 Å². The molecular formula is C26H14N4Pt. The number of nitrogens with zero attached hydrogens (tertiary/aromatic N) is 4. The van der Waals surface area contributed by atoms with E-state index in [1.54, 1.807) is 0 Å². The van der Waals surface area contributed by atoms with Crippen LogP contribution in [0.4, 0.5) is 0 Å². The summed E-state index contributed by atoms with van der Waals surface area (Å²) in [6, 6.07) is 28.8. The van der Waals surface area contributed by atoms with Crippen LogP contribution in [0, 0.1) is 0 Å². The average molecular weight is 578 g/mol. The van der Waals surface area contributed by atoms with Crippen LogP contribution in [0.1, 0.15) is 0 Å². The molecule has 0 N–H and O–H groups in total. The second-order valence-electron chi connectivity index (χ2n) is 7.58. The minimum absolute atomic E-state index is 0. The third-order valence-electron chi connectivity index (χ3n) is 5.79. The van der Waals surface area contributed by atoms with Gasteiger partial charge in [0.1, 0.15) is 0 Å². The van der Waals surface area contributed by atoms with Crippen molar-refractivity contribution >= 4 is 65.7 Å². The first kappa shape index (κ1) is 18.3.